The lowest BCUT2D eigenvalue weighted by atomic mass is 9.90. The Hall–Kier alpha value is -2.28. The molecular weight excluding hydrogens is 254 g/mol. The van der Waals surface area contributed by atoms with E-state index in [1.165, 1.54) is 22.3 Å². The van der Waals surface area contributed by atoms with Crippen molar-refractivity contribution in [2.45, 2.75) is 26.3 Å². The van der Waals surface area contributed by atoms with Gasteiger partial charge in [-0.15, -0.1) is 0 Å². The molecule has 1 atom stereocenters. The molecule has 0 aliphatic heterocycles. The molecule has 0 aromatic heterocycles. The summed E-state index contributed by atoms with van der Waals surface area (Å²) in [5, 5.41) is 3.51. The summed E-state index contributed by atoms with van der Waals surface area (Å²) in [6.45, 7) is 5.25. The van der Waals surface area contributed by atoms with E-state index in [9.17, 15) is 0 Å². The van der Waals surface area contributed by atoms with Gasteiger partial charge in [-0.25, -0.2) is 0 Å². The molecule has 3 rings (SSSR count). The summed E-state index contributed by atoms with van der Waals surface area (Å²) in [5.74, 6) is 0.429. The van der Waals surface area contributed by atoms with Crippen LogP contribution in [0.3, 0.4) is 0 Å². The second-order valence-electron chi connectivity index (χ2n) is 5.70. The Morgan fingerprint density at radius 1 is 0.905 bits per heavy atom. The van der Waals surface area contributed by atoms with Crippen LogP contribution in [-0.4, -0.2) is 0 Å². The maximum absolute atomic E-state index is 3.51. The van der Waals surface area contributed by atoms with Crippen LogP contribution in [0.5, 0.6) is 0 Å². The van der Waals surface area contributed by atoms with Crippen LogP contribution in [0.4, 0.5) is 5.69 Å². The third-order valence-corrected chi connectivity index (χ3v) is 4.02. The van der Waals surface area contributed by atoms with Crippen LogP contribution < -0.4 is 5.32 Å². The van der Waals surface area contributed by atoms with Crippen LogP contribution in [0.1, 0.15) is 30.9 Å². The van der Waals surface area contributed by atoms with Gasteiger partial charge in [0.1, 0.15) is 0 Å². The average Bonchev–Trinajstić information content (AvgIpc) is 2.85. The molecule has 0 radical (unpaired) electrons. The zero-order chi connectivity index (χ0) is 14.7. The molecular formula is C20H21N. The smallest absolute Gasteiger partial charge is 0.0403 e. The molecule has 1 heteroatoms. The molecule has 0 saturated carbocycles. The summed E-state index contributed by atoms with van der Waals surface area (Å²) >= 11 is 0. The van der Waals surface area contributed by atoms with Crippen molar-refractivity contribution < 1.29 is 0 Å². The first-order chi connectivity index (χ1) is 10.2. The van der Waals surface area contributed by atoms with Gasteiger partial charge in [0.05, 0.1) is 0 Å². The Morgan fingerprint density at radius 2 is 1.62 bits per heavy atom. The molecule has 1 unspecified atom stereocenters. The molecule has 1 nitrogen and oxygen atoms in total. The van der Waals surface area contributed by atoms with Crippen LogP contribution in [0, 0.1) is 0 Å². The van der Waals surface area contributed by atoms with E-state index in [0.29, 0.717) is 5.92 Å². The fourth-order valence-corrected chi connectivity index (χ4v) is 2.98. The molecule has 21 heavy (non-hydrogen) atoms. The Kier molecular flexibility index (Phi) is 3.92. The molecule has 1 N–H and O–H groups in total. The third kappa shape index (κ3) is 3.08. The van der Waals surface area contributed by atoms with E-state index >= 15 is 0 Å². The molecule has 2 aromatic carbocycles. The number of hydrogen-bond acceptors (Lipinski definition) is 1. The summed E-state index contributed by atoms with van der Waals surface area (Å²) in [6, 6.07) is 19.1. The minimum Gasteiger partial charge on any atom is -0.381 e. The Balaban J connectivity index is 1.82. The van der Waals surface area contributed by atoms with Crippen LogP contribution >= 0.6 is 0 Å². The predicted molar refractivity (Wildman–Crippen MR) is 90.5 cm³/mol. The molecule has 0 saturated heterocycles. The maximum Gasteiger partial charge on any atom is 0.0403 e. The lowest BCUT2D eigenvalue weighted by Crippen LogP contribution is -2.05. The zero-order valence-corrected chi connectivity index (χ0v) is 12.6. The number of rotatable bonds is 4. The van der Waals surface area contributed by atoms with Gasteiger partial charge >= 0.3 is 0 Å². The molecule has 1 aliphatic carbocycles. The van der Waals surface area contributed by atoms with Crippen molar-refractivity contribution in [2.24, 2.45) is 0 Å². The van der Waals surface area contributed by atoms with Gasteiger partial charge in [0, 0.05) is 18.2 Å². The van der Waals surface area contributed by atoms with Crippen molar-refractivity contribution in [2.75, 3.05) is 5.32 Å². The van der Waals surface area contributed by atoms with Crippen LogP contribution in [0.25, 0.3) is 0 Å². The Bertz CT molecular complexity index is 680. The maximum atomic E-state index is 3.51. The van der Waals surface area contributed by atoms with Gasteiger partial charge in [0.15, 0.2) is 0 Å². The average molecular weight is 275 g/mol. The first kappa shape index (κ1) is 13.7. The normalized spacial score (nSPS) is 17.3. The molecule has 0 heterocycles. The lowest BCUT2D eigenvalue weighted by molar-refractivity contribution is 0.967. The van der Waals surface area contributed by atoms with E-state index in [4.69, 9.17) is 0 Å². The lowest BCUT2D eigenvalue weighted by Gasteiger charge is -2.17. The predicted octanol–water partition coefficient (Wildman–Crippen LogP) is 5.29. The van der Waals surface area contributed by atoms with Gasteiger partial charge in [-0.3, -0.25) is 0 Å². The van der Waals surface area contributed by atoms with Crippen LogP contribution in [0.15, 0.2) is 77.9 Å². The highest BCUT2D eigenvalue weighted by Crippen LogP contribution is 2.34. The van der Waals surface area contributed by atoms with Crippen molar-refractivity contribution in [3.63, 3.8) is 0 Å². The first-order valence-corrected chi connectivity index (χ1v) is 7.47. The number of nitrogens with one attached hydrogen (secondary N) is 1. The summed E-state index contributed by atoms with van der Waals surface area (Å²) in [7, 11) is 0. The van der Waals surface area contributed by atoms with E-state index in [1.54, 1.807) is 0 Å². The first-order valence-electron chi connectivity index (χ1n) is 7.47. The second kappa shape index (κ2) is 6.01. The number of anilines is 1. The van der Waals surface area contributed by atoms with Gasteiger partial charge in [-0.2, -0.15) is 0 Å². The highest BCUT2D eigenvalue weighted by atomic mass is 14.9. The van der Waals surface area contributed by atoms with E-state index in [0.717, 1.165) is 12.2 Å². The summed E-state index contributed by atoms with van der Waals surface area (Å²) in [4.78, 5) is 0. The third-order valence-electron chi connectivity index (χ3n) is 4.02. The van der Waals surface area contributed by atoms with Crippen molar-refractivity contribution in [1.29, 1.82) is 0 Å². The number of allylic oxidation sites excluding steroid dienone is 4. The van der Waals surface area contributed by atoms with E-state index in [1.807, 2.05) is 6.07 Å². The SMILES string of the molecule is CC1=CC(c2ccccc2CNc2ccccc2)C(C)=C1. The molecule has 2 aromatic rings. The molecule has 0 bridgehead atoms. The van der Waals surface area contributed by atoms with Gasteiger partial charge in [0.2, 0.25) is 0 Å². The quantitative estimate of drug-likeness (QED) is 0.799. The highest BCUT2D eigenvalue weighted by molar-refractivity contribution is 5.49. The monoisotopic (exact) mass is 275 g/mol. The molecule has 1 aliphatic rings. The topological polar surface area (TPSA) is 12.0 Å². The van der Waals surface area contributed by atoms with Gasteiger partial charge in [0.25, 0.3) is 0 Å². The van der Waals surface area contributed by atoms with Gasteiger partial charge < -0.3 is 5.32 Å². The number of hydrogen-bond donors (Lipinski definition) is 1. The molecule has 0 amide bonds. The summed E-state index contributed by atoms with van der Waals surface area (Å²) < 4.78 is 0. The van der Waals surface area contributed by atoms with E-state index in [-0.39, 0.29) is 0 Å². The minimum absolute atomic E-state index is 0.429. The Morgan fingerprint density at radius 3 is 2.33 bits per heavy atom. The number of para-hydroxylation sites is 1. The van der Waals surface area contributed by atoms with Gasteiger partial charge in [-0.1, -0.05) is 65.8 Å². The highest BCUT2D eigenvalue weighted by Gasteiger charge is 2.18. The summed E-state index contributed by atoms with van der Waals surface area (Å²) in [5.41, 5.74) is 6.73. The van der Waals surface area contributed by atoms with E-state index in [2.05, 4.69) is 79.8 Å². The van der Waals surface area contributed by atoms with E-state index < -0.39 is 0 Å². The standard InChI is InChI=1S/C20H21N/c1-15-12-16(2)20(13-15)19-11-7-6-8-17(19)14-21-18-9-4-3-5-10-18/h3-13,20-21H,14H2,1-2H3. The molecule has 106 valence electrons. The Labute approximate surface area is 127 Å². The fourth-order valence-electron chi connectivity index (χ4n) is 2.98. The zero-order valence-electron chi connectivity index (χ0n) is 12.6. The second-order valence-corrected chi connectivity index (χ2v) is 5.70. The van der Waals surface area contributed by atoms with Gasteiger partial charge in [-0.05, 0) is 37.1 Å². The van der Waals surface area contributed by atoms with Crippen molar-refractivity contribution in [1.82, 2.24) is 0 Å². The molecule has 0 spiro atoms. The van der Waals surface area contributed by atoms with Crippen molar-refractivity contribution >= 4 is 5.69 Å². The molecule has 0 fully saturated rings. The largest absolute Gasteiger partial charge is 0.381 e. The van der Waals surface area contributed by atoms with Crippen LogP contribution in [-0.2, 0) is 6.54 Å². The summed E-state index contributed by atoms with van der Waals surface area (Å²) in [6.07, 6.45) is 4.64. The van der Waals surface area contributed by atoms with Crippen LogP contribution in [0.2, 0.25) is 0 Å². The van der Waals surface area contributed by atoms with Crippen molar-refractivity contribution in [3.8, 4) is 0 Å². The minimum atomic E-state index is 0.429. The number of benzene rings is 2. The fraction of sp³-hybridized carbons (Fsp3) is 0.200. The van der Waals surface area contributed by atoms with Crippen molar-refractivity contribution in [3.05, 3.63) is 89.0 Å².